The molecule has 2 aromatic carbocycles. The van der Waals surface area contributed by atoms with Gasteiger partial charge < -0.3 is 4.42 Å². The minimum Gasteiger partial charge on any atom is -0.436 e. The second-order valence-electron chi connectivity index (χ2n) is 8.70. The number of benzene rings is 2. The number of oxazole rings is 1. The Kier molecular flexibility index (Phi) is 5.70. The first-order chi connectivity index (χ1) is 15.2. The molecular weight excluding hydrogens is 392 g/mol. The van der Waals surface area contributed by atoms with Crippen LogP contribution in [0.2, 0.25) is 0 Å². The van der Waals surface area contributed by atoms with Crippen LogP contribution in [-0.4, -0.2) is 51.9 Å². The highest BCUT2D eigenvalue weighted by molar-refractivity contribution is 5.79. The summed E-state index contributed by atoms with van der Waals surface area (Å²) in [5, 5.41) is 11.3. The van der Waals surface area contributed by atoms with Gasteiger partial charge in [-0.15, -0.1) is 0 Å². The van der Waals surface area contributed by atoms with E-state index in [1.807, 2.05) is 12.1 Å². The smallest absolute Gasteiger partial charge is 0.282 e. The first kappa shape index (κ1) is 20.2. The van der Waals surface area contributed by atoms with Crippen LogP contribution in [0.5, 0.6) is 0 Å². The van der Waals surface area contributed by atoms with Crippen molar-refractivity contribution in [2.75, 3.05) is 26.2 Å². The molecule has 0 unspecified atom stereocenters. The third-order valence-electron chi connectivity index (χ3n) is 6.69. The average molecular weight is 421 g/mol. The van der Waals surface area contributed by atoms with Crippen molar-refractivity contribution in [2.45, 2.75) is 44.7 Å². The van der Waals surface area contributed by atoms with Gasteiger partial charge in [0.2, 0.25) is 5.89 Å². The van der Waals surface area contributed by atoms with E-state index in [1.54, 1.807) is 18.2 Å². The van der Waals surface area contributed by atoms with Crippen molar-refractivity contribution in [3.8, 4) is 11.5 Å². The summed E-state index contributed by atoms with van der Waals surface area (Å²) < 4.78 is 5.84. The van der Waals surface area contributed by atoms with Gasteiger partial charge in [-0.1, -0.05) is 37.5 Å². The van der Waals surface area contributed by atoms with Crippen LogP contribution < -0.4 is 0 Å². The molecule has 2 fully saturated rings. The van der Waals surface area contributed by atoms with Crippen LogP contribution >= 0.6 is 0 Å². The van der Waals surface area contributed by atoms with Crippen molar-refractivity contribution in [3.05, 3.63) is 58.1 Å². The van der Waals surface area contributed by atoms with Crippen molar-refractivity contribution < 1.29 is 9.34 Å². The Hall–Kier alpha value is -2.77. The van der Waals surface area contributed by atoms with Crippen LogP contribution in [0.1, 0.15) is 37.7 Å². The molecule has 5 rings (SSSR count). The maximum Gasteiger partial charge on any atom is 0.282 e. The van der Waals surface area contributed by atoms with E-state index in [9.17, 15) is 10.1 Å². The van der Waals surface area contributed by atoms with Gasteiger partial charge in [0.25, 0.3) is 5.69 Å². The lowest BCUT2D eigenvalue weighted by Gasteiger charge is -2.40. The SMILES string of the molecule is O=[N+]([O-])c1ccccc1-c1nc2cc(CN3CCN(C4CCCCC4)CC3)ccc2o1. The Morgan fingerprint density at radius 1 is 1.03 bits per heavy atom. The molecule has 31 heavy (non-hydrogen) atoms. The molecule has 0 spiro atoms. The van der Waals surface area contributed by atoms with E-state index >= 15 is 0 Å². The minimum atomic E-state index is -0.400. The average Bonchev–Trinajstić information content (AvgIpc) is 3.23. The summed E-state index contributed by atoms with van der Waals surface area (Å²) >= 11 is 0. The second-order valence-corrected chi connectivity index (χ2v) is 8.70. The van der Waals surface area contributed by atoms with Crippen LogP contribution in [0.4, 0.5) is 5.69 Å². The fraction of sp³-hybridized carbons (Fsp3) is 0.458. The van der Waals surface area contributed by atoms with Gasteiger partial charge in [-0.25, -0.2) is 4.98 Å². The minimum absolute atomic E-state index is 0.00474. The van der Waals surface area contributed by atoms with E-state index < -0.39 is 4.92 Å². The maximum atomic E-state index is 11.3. The number of piperazine rings is 1. The molecule has 1 aromatic heterocycles. The number of rotatable bonds is 5. The molecule has 2 heterocycles. The standard InChI is InChI=1S/C24H28N4O3/c29-28(30)22-9-5-4-8-20(22)24-25-21-16-18(10-11-23(21)31-24)17-26-12-14-27(15-13-26)19-6-2-1-3-7-19/h4-5,8-11,16,19H,1-3,6-7,12-15,17H2. The highest BCUT2D eigenvalue weighted by atomic mass is 16.6. The summed E-state index contributed by atoms with van der Waals surface area (Å²) in [7, 11) is 0. The third-order valence-corrected chi connectivity index (χ3v) is 6.69. The first-order valence-electron chi connectivity index (χ1n) is 11.3. The van der Waals surface area contributed by atoms with Gasteiger partial charge in [0, 0.05) is 44.8 Å². The molecule has 1 aliphatic carbocycles. The molecule has 7 nitrogen and oxygen atoms in total. The predicted octanol–water partition coefficient (Wildman–Crippen LogP) is 4.85. The quantitative estimate of drug-likeness (QED) is 0.434. The fourth-order valence-electron chi connectivity index (χ4n) is 4.99. The molecule has 2 aliphatic rings. The summed E-state index contributed by atoms with van der Waals surface area (Å²) in [4.78, 5) is 20.7. The van der Waals surface area contributed by atoms with Gasteiger partial charge >= 0.3 is 0 Å². The number of nitro benzene ring substituents is 1. The number of aromatic nitrogens is 1. The predicted molar refractivity (Wildman–Crippen MR) is 120 cm³/mol. The summed E-state index contributed by atoms with van der Waals surface area (Å²) in [5.74, 6) is 0.292. The van der Waals surface area contributed by atoms with Crippen molar-refractivity contribution in [1.82, 2.24) is 14.8 Å². The number of hydrogen-bond donors (Lipinski definition) is 0. The Morgan fingerprint density at radius 3 is 2.58 bits per heavy atom. The van der Waals surface area contributed by atoms with E-state index in [2.05, 4.69) is 20.9 Å². The van der Waals surface area contributed by atoms with Gasteiger partial charge in [0.05, 0.1) is 4.92 Å². The lowest BCUT2D eigenvalue weighted by molar-refractivity contribution is -0.384. The zero-order valence-electron chi connectivity index (χ0n) is 17.7. The van der Waals surface area contributed by atoms with E-state index in [-0.39, 0.29) is 5.69 Å². The van der Waals surface area contributed by atoms with Gasteiger partial charge in [0.15, 0.2) is 5.58 Å². The zero-order valence-corrected chi connectivity index (χ0v) is 17.7. The molecule has 1 saturated heterocycles. The van der Waals surface area contributed by atoms with Crippen LogP contribution in [0, 0.1) is 10.1 Å². The normalized spacial score (nSPS) is 19.1. The second kappa shape index (κ2) is 8.77. The lowest BCUT2D eigenvalue weighted by Crippen LogP contribution is -2.50. The van der Waals surface area contributed by atoms with Crippen LogP contribution in [0.3, 0.4) is 0 Å². The molecule has 0 amide bonds. The van der Waals surface area contributed by atoms with E-state index in [0.29, 0.717) is 17.0 Å². The van der Waals surface area contributed by atoms with Crippen LogP contribution in [-0.2, 0) is 6.54 Å². The summed E-state index contributed by atoms with van der Waals surface area (Å²) in [6.07, 6.45) is 6.91. The Morgan fingerprint density at radius 2 is 1.81 bits per heavy atom. The Labute approximate surface area is 181 Å². The number of nitrogens with zero attached hydrogens (tertiary/aromatic N) is 4. The fourth-order valence-corrected chi connectivity index (χ4v) is 4.99. The lowest BCUT2D eigenvalue weighted by atomic mass is 9.94. The molecule has 1 saturated carbocycles. The molecule has 0 atom stereocenters. The van der Waals surface area contributed by atoms with Crippen molar-refractivity contribution in [1.29, 1.82) is 0 Å². The zero-order chi connectivity index (χ0) is 21.2. The Bertz CT molecular complexity index is 1070. The molecule has 1 aliphatic heterocycles. The number of nitro groups is 1. The monoisotopic (exact) mass is 420 g/mol. The summed E-state index contributed by atoms with van der Waals surface area (Å²) in [5.41, 5.74) is 3.00. The highest BCUT2D eigenvalue weighted by Gasteiger charge is 2.25. The summed E-state index contributed by atoms with van der Waals surface area (Å²) in [6, 6.07) is 13.4. The van der Waals surface area contributed by atoms with Gasteiger partial charge in [-0.05, 0) is 36.6 Å². The molecule has 0 bridgehead atoms. The third kappa shape index (κ3) is 4.34. The van der Waals surface area contributed by atoms with Crippen LogP contribution in [0.15, 0.2) is 46.9 Å². The largest absolute Gasteiger partial charge is 0.436 e. The van der Waals surface area contributed by atoms with Gasteiger partial charge in [-0.3, -0.25) is 19.9 Å². The Balaban J connectivity index is 1.27. The topological polar surface area (TPSA) is 75.7 Å². The number of para-hydroxylation sites is 1. The van der Waals surface area contributed by atoms with E-state index in [1.165, 1.54) is 43.7 Å². The van der Waals surface area contributed by atoms with Gasteiger partial charge in [0.1, 0.15) is 11.1 Å². The molecule has 7 heteroatoms. The van der Waals surface area contributed by atoms with Crippen molar-refractivity contribution in [3.63, 3.8) is 0 Å². The summed E-state index contributed by atoms with van der Waals surface area (Å²) in [6.45, 7) is 5.38. The van der Waals surface area contributed by atoms with Crippen molar-refractivity contribution in [2.24, 2.45) is 0 Å². The highest BCUT2D eigenvalue weighted by Crippen LogP contribution is 2.32. The van der Waals surface area contributed by atoms with E-state index in [0.717, 1.165) is 44.3 Å². The van der Waals surface area contributed by atoms with Gasteiger partial charge in [-0.2, -0.15) is 0 Å². The maximum absolute atomic E-state index is 11.3. The number of fused-ring (bicyclic) bond motifs is 1. The molecular formula is C24H28N4O3. The molecule has 3 aromatic rings. The molecule has 162 valence electrons. The van der Waals surface area contributed by atoms with Crippen molar-refractivity contribution >= 4 is 16.8 Å². The van der Waals surface area contributed by atoms with E-state index in [4.69, 9.17) is 4.42 Å². The number of hydrogen-bond acceptors (Lipinski definition) is 6. The molecule has 0 N–H and O–H groups in total. The first-order valence-corrected chi connectivity index (χ1v) is 11.3. The molecule has 0 radical (unpaired) electrons. The van der Waals surface area contributed by atoms with Crippen LogP contribution in [0.25, 0.3) is 22.6 Å².